The Balaban J connectivity index is 1.52. The van der Waals surface area contributed by atoms with Crippen LogP contribution in [0.25, 0.3) is 33.3 Å². The van der Waals surface area contributed by atoms with Gasteiger partial charge in [-0.05, 0) is 49.8 Å². The van der Waals surface area contributed by atoms with Crippen LogP contribution in [0.5, 0.6) is 5.75 Å². The van der Waals surface area contributed by atoms with Gasteiger partial charge in [0.25, 0.3) is 5.91 Å². The summed E-state index contributed by atoms with van der Waals surface area (Å²) in [6.07, 6.45) is 4.74. The highest BCUT2D eigenvalue weighted by Gasteiger charge is 2.28. The maximum atomic E-state index is 13.3. The van der Waals surface area contributed by atoms with Crippen LogP contribution in [0.4, 0.5) is 5.69 Å². The number of hydrogen-bond donors (Lipinski definition) is 2. The number of methoxy groups -OCH3 is 1. The van der Waals surface area contributed by atoms with Crippen molar-refractivity contribution in [2.45, 2.75) is 12.5 Å². The molecule has 1 aliphatic rings. The topological polar surface area (TPSA) is 87.5 Å². The average Bonchev–Trinajstić information content (AvgIpc) is 3.49. The first-order valence-corrected chi connectivity index (χ1v) is 11.4. The van der Waals surface area contributed by atoms with Gasteiger partial charge in [0.2, 0.25) is 0 Å². The van der Waals surface area contributed by atoms with Gasteiger partial charge in [-0.15, -0.1) is 0 Å². The quantitative estimate of drug-likeness (QED) is 0.439. The van der Waals surface area contributed by atoms with Gasteiger partial charge in [0, 0.05) is 59.8 Å². The van der Waals surface area contributed by atoms with Crippen LogP contribution in [0.2, 0.25) is 0 Å². The molecule has 0 bridgehead atoms. The number of pyridine rings is 1. The fourth-order valence-corrected chi connectivity index (χ4v) is 4.76. The first-order chi connectivity index (χ1) is 16.5. The number of nitrogens with zero attached hydrogens (tertiary/aromatic N) is 3. The molecule has 34 heavy (non-hydrogen) atoms. The van der Waals surface area contributed by atoms with Gasteiger partial charge in [-0.2, -0.15) is 0 Å². The second kappa shape index (κ2) is 8.83. The molecule has 1 fully saturated rings. The number of nitrogen functional groups attached to an aromatic ring is 1. The molecule has 1 unspecified atom stereocenters. The Morgan fingerprint density at radius 3 is 2.76 bits per heavy atom. The Kier molecular flexibility index (Phi) is 5.71. The minimum absolute atomic E-state index is 0.0509. The van der Waals surface area contributed by atoms with E-state index in [-0.39, 0.29) is 11.9 Å². The number of likely N-dealkylation sites (N-methyl/N-ethyl adjacent to an activating group) is 2. The fraction of sp³-hybridized carbons (Fsp3) is 0.259. The zero-order chi connectivity index (χ0) is 23.8. The van der Waals surface area contributed by atoms with Crippen molar-refractivity contribution < 1.29 is 9.53 Å². The summed E-state index contributed by atoms with van der Waals surface area (Å²) in [5, 5.41) is 0.984. The number of rotatable bonds is 5. The minimum Gasteiger partial charge on any atom is -0.496 e. The smallest absolute Gasteiger partial charge is 0.256 e. The predicted octanol–water partition coefficient (Wildman–Crippen LogP) is 4.26. The van der Waals surface area contributed by atoms with Crippen LogP contribution in [0.15, 0.2) is 60.9 Å². The van der Waals surface area contributed by atoms with E-state index in [2.05, 4.69) is 28.0 Å². The Bertz CT molecular complexity index is 1360. The molecule has 7 heteroatoms. The number of carbonyl (C=O) groups excluding carboxylic acids is 1. The van der Waals surface area contributed by atoms with Gasteiger partial charge in [-0.25, -0.2) is 4.98 Å². The number of anilines is 1. The highest BCUT2D eigenvalue weighted by Crippen LogP contribution is 2.36. The highest BCUT2D eigenvalue weighted by molar-refractivity contribution is 6.01. The Hall–Kier alpha value is -3.84. The van der Waals surface area contributed by atoms with E-state index < -0.39 is 0 Å². The number of para-hydroxylation sites is 1. The molecular weight excluding hydrogens is 426 g/mol. The molecule has 0 spiro atoms. The van der Waals surface area contributed by atoms with Gasteiger partial charge >= 0.3 is 0 Å². The molecule has 3 heterocycles. The number of fused-ring (bicyclic) bond motifs is 1. The second-order valence-electron chi connectivity index (χ2n) is 8.95. The van der Waals surface area contributed by atoms with Crippen LogP contribution in [0.3, 0.4) is 0 Å². The highest BCUT2D eigenvalue weighted by atomic mass is 16.5. The summed E-state index contributed by atoms with van der Waals surface area (Å²) in [6, 6.07) is 15.8. The van der Waals surface area contributed by atoms with Gasteiger partial charge in [-0.1, -0.05) is 24.3 Å². The van der Waals surface area contributed by atoms with Crippen LogP contribution in [-0.4, -0.2) is 66.0 Å². The Morgan fingerprint density at radius 2 is 2.00 bits per heavy atom. The summed E-state index contributed by atoms with van der Waals surface area (Å²) in [5.74, 6) is 0.750. The second-order valence-corrected chi connectivity index (χ2v) is 8.95. The first kappa shape index (κ1) is 22.0. The van der Waals surface area contributed by atoms with E-state index in [4.69, 9.17) is 10.5 Å². The molecule has 7 nitrogen and oxygen atoms in total. The van der Waals surface area contributed by atoms with Crippen LogP contribution in [0.1, 0.15) is 16.8 Å². The van der Waals surface area contributed by atoms with E-state index in [9.17, 15) is 4.79 Å². The van der Waals surface area contributed by atoms with Crippen molar-refractivity contribution in [3.63, 3.8) is 0 Å². The van der Waals surface area contributed by atoms with Crippen molar-refractivity contribution in [1.82, 2.24) is 19.8 Å². The van der Waals surface area contributed by atoms with E-state index in [0.29, 0.717) is 11.3 Å². The molecule has 2 aromatic carbocycles. The van der Waals surface area contributed by atoms with Crippen LogP contribution in [-0.2, 0) is 0 Å². The molecule has 0 aliphatic carbocycles. The molecule has 5 rings (SSSR count). The van der Waals surface area contributed by atoms with E-state index in [0.717, 1.165) is 58.5 Å². The zero-order valence-electron chi connectivity index (χ0n) is 19.7. The van der Waals surface area contributed by atoms with Crippen molar-refractivity contribution in [3.8, 4) is 28.0 Å². The summed E-state index contributed by atoms with van der Waals surface area (Å²) in [7, 11) is 5.62. The molecule has 1 amide bonds. The number of nitrogens with one attached hydrogen (secondary N) is 1. The molecule has 4 aromatic rings. The van der Waals surface area contributed by atoms with Gasteiger partial charge in [0.15, 0.2) is 0 Å². The maximum absolute atomic E-state index is 13.3. The monoisotopic (exact) mass is 455 g/mol. The number of likely N-dealkylation sites (tertiary alicyclic amines) is 1. The Morgan fingerprint density at radius 1 is 1.18 bits per heavy atom. The van der Waals surface area contributed by atoms with E-state index in [1.807, 2.05) is 60.7 Å². The van der Waals surface area contributed by atoms with Crippen molar-refractivity contribution >= 4 is 22.6 Å². The molecule has 3 N–H and O–H groups in total. The van der Waals surface area contributed by atoms with Gasteiger partial charge in [-0.3, -0.25) is 4.79 Å². The van der Waals surface area contributed by atoms with Crippen molar-refractivity contribution in [1.29, 1.82) is 0 Å². The third-order valence-electron chi connectivity index (χ3n) is 6.78. The largest absolute Gasteiger partial charge is 0.496 e. The summed E-state index contributed by atoms with van der Waals surface area (Å²) >= 11 is 0. The minimum atomic E-state index is -0.0509. The normalized spacial score (nSPS) is 16.1. The number of aromatic nitrogens is 2. The number of H-pyrrole nitrogens is 1. The Labute approximate surface area is 199 Å². The van der Waals surface area contributed by atoms with Crippen LogP contribution in [0, 0.1) is 0 Å². The number of ether oxygens (including phenoxy) is 1. The first-order valence-electron chi connectivity index (χ1n) is 11.4. The number of amides is 1. The van der Waals surface area contributed by atoms with E-state index >= 15 is 0 Å². The lowest BCUT2D eigenvalue weighted by atomic mass is 9.99. The van der Waals surface area contributed by atoms with Gasteiger partial charge in [0.1, 0.15) is 11.4 Å². The molecule has 1 aliphatic heterocycles. The molecular formula is C27H29N5O2. The summed E-state index contributed by atoms with van der Waals surface area (Å²) in [4.78, 5) is 25.3. The van der Waals surface area contributed by atoms with Gasteiger partial charge in [0.05, 0.1) is 12.7 Å². The SMILES string of the molecule is COc1ccccc1-c1c[nH]c2ncc(-c3ccc(N)c(C(=O)N(C)C4CCN(C)C4)c3)cc12. The molecule has 1 atom stereocenters. The van der Waals surface area contributed by atoms with Crippen LogP contribution < -0.4 is 10.5 Å². The number of hydrogen-bond acceptors (Lipinski definition) is 5. The summed E-state index contributed by atoms with van der Waals surface area (Å²) < 4.78 is 5.57. The van der Waals surface area contributed by atoms with E-state index in [1.54, 1.807) is 13.2 Å². The summed E-state index contributed by atoms with van der Waals surface area (Å²) in [6.45, 7) is 1.87. The van der Waals surface area contributed by atoms with Crippen LogP contribution >= 0.6 is 0 Å². The number of carbonyl (C=O) groups is 1. The van der Waals surface area contributed by atoms with E-state index in [1.165, 1.54) is 0 Å². The lowest BCUT2D eigenvalue weighted by molar-refractivity contribution is 0.0738. The summed E-state index contributed by atoms with van der Waals surface area (Å²) in [5.41, 5.74) is 11.9. The number of aromatic amines is 1. The van der Waals surface area contributed by atoms with Crippen molar-refractivity contribution in [2.24, 2.45) is 0 Å². The molecule has 0 radical (unpaired) electrons. The van der Waals surface area contributed by atoms with Crippen molar-refractivity contribution in [3.05, 3.63) is 66.5 Å². The molecule has 2 aromatic heterocycles. The predicted molar refractivity (Wildman–Crippen MR) is 136 cm³/mol. The number of nitrogens with two attached hydrogens (primary N) is 1. The molecule has 0 saturated carbocycles. The third kappa shape index (κ3) is 3.88. The molecule has 1 saturated heterocycles. The standard InChI is InChI=1S/C27H29N5O2/c1-31-11-10-19(16-31)32(2)27(33)22-12-17(8-9-24(22)28)18-13-21-23(15-30-26(21)29-14-18)20-6-4-5-7-25(20)34-3/h4-9,12-15,19H,10-11,16,28H2,1-3H3,(H,29,30). The lowest BCUT2D eigenvalue weighted by Crippen LogP contribution is -2.38. The maximum Gasteiger partial charge on any atom is 0.256 e. The zero-order valence-corrected chi connectivity index (χ0v) is 19.7. The average molecular weight is 456 g/mol. The fourth-order valence-electron chi connectivity index (χ4n) is 4.76. The number of benzene rings is 2. The molecule has 174 valence electrons. The van der Waals surface area contributed by atoms with Gasteiger partial charge < -0.3 is 25.3 Å². The third-order valence-corrected chi connectivity index (χ3v) is 6.78. The lowest BCUT2D eigenvalue weighted by Gasteiger charge is -2.25. The van der Waals surface area contributed by atoms with Crippen molar-refractivity contribution in [2.75, 3.05) is 40.0 Å².